The number of carbonyl (C=O) groups excluding carboxylic acids is 4. The second-order valence-electron chi connectivity index (χ2n) is 48.3. The molecule has 13 heterocycles. The quantitative estimate of drug-likeness (QED) is 0.0301. The van der Waals surface area contributed by atoms with Crippen LogP contribution in [0.4, 0.5) is 0 Å². The summed E-state index contributed by atoms with van der Waals surface area (Å²) in [5.74, 6) is -0.456. The Morgan fingerprint density at radius 1 is 0.460 bits per heavy atom. The molecule has 40 atom stereocenters. The average Bonchev–Trinajstić information content (AvgIpc) is 1.55. The topological polar surface area (TPSA) is 360 Å². The number of allylic oxidation sites excluding steroid dienone is 4. The van der Waals surface area contributed by atoms with Crippen LogP contribution in [0.25, 0.3) is 0 Å². The molecule has 2 amide bonds. The van der Waals surface area contributed by atoms with Crippen molar-refractivity contribution in [1.29, 1.82) is 0 Å². The number of hydroxylamine groups is 2. The molecule has 1 aromatic carbocycles. The lowest BCUT2D eigenvalue weighted by Gasteiger charge is -2.49. The van der Waals surface area contributed by atoms with Crippen molar-refractivity contribution >= 4 is 40.4 Å². The first-order valence-corrected chi connectivity index (χ1v) is 61.0. The third-order valence-electron chi connectivity index (χ3n) is 35.5. The number of ether oxygens (including phenoxy) is 20. The fraction of sp³-hybridized carbons (Fsp3) is 0.741. The molecule has 150 heavy (non-hydrogen) atoms. The van der Waals surface area contributed by atoms with Crippen LogP contribution in [-0.4, -0.2) is 292 Å². The van der Waals surface area contributed by atoms with Gasteiger partial charge in [0.25, 0.3) is 11.8 Å². The van der Waals surface area contributed by atoms with Gasteiger partial charge in [0.1, 0.15) is 71.9 Å². The molecule has 34 heteroatoms. The van der Waals surface area contributed by atoms with Crippen molar-refractivity contribution in [3.8, 4) is 0 Å². The minimum atomic E-state index is -2.41. The monoisotopic (exact) mass is 2130 g/mol. The highest BCUT2D eigenvalue weighted by Crippen LogP contribution is 2.55. The van der Waals surface area contributed by atoms with Crippen molar-refractivity contribution < 1.29 is 143 Å². The molecule has 0 aromatic heterocycles. The molecule has 4 N–H and O–H groups in total. The summed E-state index contributed by atoms with van der Waals surface area (Å²) in [5, 5.41) is 27.1. The van der Waals surface area contributed by atoms with E-state index in [1.165, 1.54) is 0 Å². The van der Waals surface area contributed by atoms with E-state index < -0.39 is 210 Å². The predicted octanol–water partition coefficient (Wildman–Crippen LogP) is 17.9. The van der Waals surface area contributed by atoms with Crippen LogP contribution in [0.1, 0.15) is 250 Å². The average molecular weight is 2130 g/mol. The zero-order chi connectivity index (χ0) is 109. The zero-order valence-electron chi connectivity index (χ0n) is 94.4. The molecule has 8 fully saturated rings. The van der Waals surface area contributed by atoms with E-state index in [2.05, 4.69) is 167 Å². The normalized spacial score (nSPS) is 43.6. The maximum Gasteiger partial charge on any atom is 0.316 e. The number of rotatable bonds is 23. The number of benzene rings is 1. The van der Waals surface area contributed by atoms with Crippen LogP contribution in [-0.2, 0) is 123 Å². The summed E-state index contributed by atoms with van der Waals surface area (Å²) in [6.07, 6.45) is 19.3. The number of imide groups is 1. The number of nitrogens with two attached hydrogens (primary N) is 1. The second kappa shape index (κ2) is 48.1. The van der Waals surface area contributed by atoms with Gasteiger partial charge in [-0.15, -0.1) is 5.06 Å². The number of hydrogen-bond donors (Lipinski definition) is 3. The van der Waals surface area contributed by atoms with Gasteiger partial charge in [-0.3, -0.25) is 28.9 Å². The van der Waals surface area contributed by atoms with Gasteiger partial charge in [-0.25, -0.2) is 5.90 Å². The number of esters is 2. The zero-order valence-corrected chi connectivity index (χ0v) is 96.4. The molecule has 16 rings (SSSR count). The molecule has 0 radical (unpaired) electrons. The maximum absolute atomic E-state index is 14.9. The Bertz CT molecular complexity index is 5140. The van der Waals surface area contributed by atoms with E-state index in [0.717, 1.165) is 40.2 Å². The Balaban J connectivity index is 0.000000226. The van der Waals surface area contributed by atoms with E-state index in [1.807, 2.05) is 89.3 Å². The lowest BCUT2D eigenvalue weighted by atomic mass is 9.71. The number of fused-ring (bicyclic) bond motifs is 5. The summed E-state index contributed by atoms with van der Waals surface area (Å²) in [7, 11) is 1.70. The van der Waals surface area contributed by atoms with Crippen molar-refractivity contribution in [3.05, 3.63) is 154 Å². The van der Waals surface area contributed by atoms with E-state index in [0.29, 0.717) is 68.9 Å². The third-order valence-corrected chi connectivity index (χ3v) is 44.4. The van der Waals surface area contributed by atoms with Crippen LogP contribution in [0.5, 0.6) is 0 Å². The van der Waals surface area contributed by atoms with E-state index in [1.54, 1.807) is 59.6 Å². The molecule has 13 aliphatic heterocycles. The predicted molar refractivity (Wildman–Crippen MR) is 566 cm³/mol. The van der Waals surface area contributed by atoms with Gasteiger partial charge in [0.15, 0.2) is 53.4 Å². The maximum atomic E-state index is 14.9. The highest BCUT2D eigenvalue weighted by molar-refractivity contribution is 6.74. The minimum absolute atomic E-state index is 0.0878. The summed E-state index contributed by atoms with van der Waals surface area (Å²) < 4.78 is 146. The van der Waals surface area contributed by atoms with Crippen LogP contribution >= 0.6 is 0 Å². The van der Waals surface area contributed by atoms with E-state index >= 15 is 0 Å². The van der Waals surface area contributed by atoms with Crippen LogP contribution in [0.15, 0.2) is 143 Å². The number of nitrogens with zero attached hydrogens (tertiary/aromatic N) is 1. The van der Waals surface area contributed by atoms with Crippen molar-refractivity contribution in [2.75, 3.05) is 41.7 Å². The fourth-order valence-corrected chi connectivity index (χ4v) is 26.7. The van der Waals surface area contributed by atoms with Gasteiger partial charge in [0.2, 0.25) is 0 Å². The van der Waals surface area contributed by atoms with Crippen LogP contribution in [0.3, 0.4) is 0 Å². The summed E-state index contributed by atoms with van der Waals surface area (Å²) in [5.41, 5.74) is 1.77. The molecule has 0 saturated carbocycles. The molecule has 4 bridgehead atoms. The van der Waals surface area contributed by atoms with Crippen LogP contribution in [0, 0.1) is 47.3 Å². The standard InChI is InChI=1S/C62H89NO16Si.C54H87NO14Si/c1-16-34(2)52-37(5)26-27-61(77-52)32-43-29-42(76-61)25-24-36(4)51(35(3)20-19-21-41-33-70-56-53(79-80(14,15)60(9,10)11)38(6)28-46(59(66)73-43)62(41,56)67)74-49-30-47(68-12)54(39(7)71-49)75-50-31-48(69-13)55(40(8)72-50)78-63-57(64)44-22-17-18-23-45(44)58(63)65;1-16-30(2)46-33(5)22-23-53(67-46)28-39-25-38(66-53)21-20-32(4)45(64-43-26-41(58-12)48(35(7)61-43)65-44-27-42(59-13)49(68-55)36(8)62-44)31(3)18-17-19-37-29-60-50-47(69-70(14,15)52(9,10)11)34(6)24-40(51(56)63-39)54(37,50)57/h17-24,26-28,34-35,37,39-40,42-43,46-56,67H,16,25,29-33H2,1-15H3;17-20,22-24,30-31,33,35-36,38-50,57H,16,21,25-29,55H2,1-15H3/b20-19+,36-24+,41-21+;18-17+,32-20+,37-19+/t34-,35+,37+,39+,40+,42-,43+,46+,47+,48+,49+,50+,51+,52-,53-,54+,55-,56-,61-,62-;30-,31+,33+,35+,36+,38-,39+,40+,41+,42+,43+,44+,45+,46-,47-,48+,49-,50-,53-,54-/m11/s1. The highest BCUT2D eigenvalue weighted by Gasteiger charge is 2.65. The van der Waals surface area contributed by atoms with Gasteiger partial charge < -0.3 is 114 Å². The van der Waals surface area contributed by atoms with Gasteiger partial charge in [0.05, 0.1) is 122 Å². The Labute approximate surface area is 892 Å². The van der Waals surface area contributed by atoms with Crippen molar-refractivity contribution in [3.63, 3.8) is 0 Å². The van der Waals surface area contributed by atoms with Gasteiger partial charge in [-0.1, -0.05) is 195 Å². The summed E-state index contributed by atoms with van der Waals surface area (Å²) >= 11 is 0. The molecular formula is C116H176N2O30Si2. The molecule has 2 aliphatic carbocycles. The molecule has 32 nitrogen and oxygen atoms in total. The van der Waals surface area contributed by atoms with Gasteiger partial charge in [-0.05, 0) is 174 Å². The van der Waals surface area contributed by atoms with Gasteiger partial charge >= 0.3 is 11.9 Å². The van der Waals surface area contributed by atoms with E-state index in [-0.39, 0.29) is 113 Å². The van der Waals surface area contributed by atoms with Gasteiger partial charge in [0, 0.05) is 103 Å². The Hall–Kier alpha value is -5.87. The molecule has 0 unspecified atom stereocenters. The first kappa shape index (κ1) is 118. The summed E-state index contributed by atoms with van der Waals surface area (Å²) in [4.78, 5) is 67.5. The SMILES string of the molecule is CC[C@@H](C)[C@H]1O[C@]2(C=C[C@@H]1C)C[C@@H]1C[C@@H](C/C=C(\C)[C@@H](O[C@H]3C[C@H](OC)[C@@H](O[C@H]4C[C@H](OC)[C@H](ON)[C@H](C)O4)[C@H](C)O3)[C@@H](C)/C=C/C=C3\CO[C@@H]4[C@H](O[Si](C)(C)C(C)(C)C)C(C)=C[C@@H](C(=O)O1)[C@]34O)O2.CC[C@@H](C)[C@H]1O[C@]2(C=C[C@@H]1C)C[C@@H]1C[C@@H](C/C=C(\C)[C@@H](O[C@H]3C[C@H](OC)[C@@H](O[C@H]4C[C@H](OC)[C@H](ON5C(=O)c6ccccc6C5=O)[C@H](C)O4)[C@H](C)O3)[C@@H](C)/C=C/C=C3\CO[C@@H]4[C@H](O[Si](C)(C)C(C)(C)C)C(C)=C[C@@H](C(=O)O1)[C@]34O)O2. The van der Waals surface area contributed by atoms with Crippen molar-refractivity contribution in [2.45, 2.75) is 460 Å². The number of aliphatic hydroxyl groups is 2. The smallest absolute Gasteiger partial charge is 0.316 e. The third kappa shape index (κ3) is 24.9. The number of carbonyl (C=O) groups is 4. The Kier molecular flexibility index (Phi) is 37.9. The Morgan fingerprint density at radius 3 is 1.17 bits per heavy atom. The summed E-state index contributed by atoms with van der Waals surface area (Å²) in [6, 6.07) is 6.61. The number of amides is 2. The van der Waals surface area contributed by atoms with E-state index in [4.69, 9.17) is 119 Å². The minimum Gasteiger partial charge on any atom is -0.462 e. The second-order valence-corrected chi connectivity index (χ2v) is 57.8. The Morgan fingerprint density at radius 2 is 0.813 bits per heavy atom. The first-order chi connectivity index (χ1) is 70.8. The van der Waals surface area contributed by atoms with Crippen LogP contribution in [0.2, 0.25) is 36.3 Å². The molecule has 838 valence electrons. The fourth-order valence-electron chi connectivity index (χ4n) is 24.1. The lowest BCUT2D eigenvalue weighted by molar-refractivity contribution is -0.329. The molecular weight excluding hydrogens is 1960 g/mol. The molecule has 15 aliphatic rings. The van der Waals surface area contributed by atoms with Crippen molar-refractivity contribution in [1.82, 2.24) is 5.06 Å². The van der Waals surface area contributed by atoms with Crippen molar-refractivity contribution in [2.24, 2.45) is 53.2 Å². The van der Waals surface area contributed by atoms with Gasteiger partial charge in [-0.2, -0.15) is 0 Å². The summed E-state index contributed by atoms with van der Waals surface area (Å²) in [6.45, 7) is 55.0. The first-order valence-electron chi connectivity index (χ1n) is 55.1. The molecule has 8 saturated heterocycles. The van der Waals surface area contributed by atoms with E-state index in [9.17, 15) is 29.4 Å². The molecule has 2 spiro atoms. The van der Waals surface area contributed by atoms with Crippen LogP contribution < -0.4 is 5.90 Å². The number of methoxy groups -OCH3 is 4. The highest BCUT2D eigenvalue weighted by atomic mass is 28.4. The largest absolute Gasteiger partial charge is 0.462 e. The number of hydrogen-bond acceptors (Lipinski definition) is 31. The molecule has 1 aromatic rings. The lowest BCUT2D eigenvalue weighted by Crippen LogP contribution is -2.60.